The lowest BCUT2D eigenvalue weighted by molar-refractivity contribution is -0.384. The molecule has 0 aromatic heterocycles. The first-order valence-electron chi connectivity index (χ1n) is 9.96. The summed E-state index contributed by atoms with van der Waals surface area (Å²) in [7, 11) is 1.52. The van der Waals surface area contributed by atoms with Gasteiger partial charge in [0.15, 0.2) is 0 Å². The van der Waals surface area contributed by atoms with Gasteiger partial charge in [-0.2, -0.15) is 0 Å². The molecule has 0 atom stereocenters. The Morgan fingerprint density at radius 3 is 2.47 bits per heavy atom. The van der Waals surface area contributed by atoms with Crippen LogP contribution in [0.1, 0.15) is 22.3 Å². The number of nitrogens with one attached hydrogen (secondary N) is 2. The lowest BCUT2D eigenvalue weighted by atomic mass is 10.1. The van der Waals surface area contributed by atoms with Crippen LogP contribution in [0.2, 0.25) is 0 Å². The quantitative estimate of drug-likeness (QED) is 0.311. The summed E-state index contributed by atoms with van der Waals surface area (Å²) < 4.78 is 5.00. The van der Waals surface area contributed by atoms with Crippen LogP contribution in [-0.2, 0) is 14.3 Å². The molecule has 10 heteroatoms. The van der Waals surface area contributed by atoms with Crippen molar-refractivity contribution in [1.82, 2.24) is 10.2 Å². The highest BCUT2D eigenvalue weighted by Crippen LogP contribution is 2.15. The number of aryl methyl sites for hydroxylation is 1. The van der Waals surface area contributed by atoms with E-state index in [0.717, 1.165) is 5.56 Å². The summed E-state index contributed by atoms with van der Waals surface area (Å²) >= 11 is 0. The van der Waals surface area contributed by atoms with E-state index in [1.54, 1.807) is 12.1 Å². The van der Waals surface area contributed by atoms with E-state index < -0.39 is 22.6 Å². The number of carbonyl (C=O) groups excluding carboxylic acids is 3. The number of benzene rings is 2. The zero-order valence-electron chi connectivity index (χ0n) is 18.0. The van der Waals surface area contributed by atoms with Crippen LogP contribution < -0.4 is 10.6 Å². The minimum absolute atomic E-state index is 0.0986. The molecular weight excluding hydrogens is 416 g/mol. The van der Waals surface area contributed by atoms with Crippen LogP contribution in [0.25, 0.3) is 0 Å². The van der Waals surface area contributed by atoms with E-state index in [-0.39, 0.29) is 30.9 Å². The number of methoxy groups -OCH3 is 1. The van der Waals surface area contributed by atoms with Crippen LogP contribution in [0.5, 0.6) is 0 Å². The summed E-state index contributed by atoms with van der Waals surface area (Å²) in [5.41, 5.74) is 1.54. The topological polar surface area (TPSA) is 131 Å². The molecule has 32 heavy (non-hydrogen) atoms. The number of carbonyl (C=O) groups is 3. The maximum absolute atomic E-state index is 12.9. The average Bonchev–Trinajstić information content (AvgIpc) is 2.78. The Labute approximate surface area is 185 Å². The van der Waals surface area contributed by atoms with Gasteiger partial charge >= 0.3 is 0 Å². The highest BCUT2D eigenvalue weighted by Gasteiger charge is 2.21. The van der Waals surface area contributed by atoms with Crippen LogP contribution >= 0.6 is 0 Å². The predicted octanol–water partition coefficient (Wildman–Crippen LogP) is 2.14. The zero-order chi connectivity index (χ0) is 23.5. The van der Waals surface area contributed by atoms with Crippen LogP contribution in [-0.4, -0.2) is 60.9 Å². The lowest BCUT2D eigenvalue weighted by Gasteiger charge is -2.22. The molecule has 0 aliphatic rings. The van der Waals surface area contributed by atoms with Crippen molar-refractivity contribution in [2.24, 2.45) is 0 Å². The number of ether oxygens (including phenoxy) is 1. The second-order valence-electron chi connectivity index (χ2n) is 7.07. The Balaban J connectivity index is 1.97. The molecule has 0 saturated heterocycles. The van der Waals surface area contributed by atoms with Crippen LogP contribution in [0.4, 0.5) is 11.4 Å². The minimum Gasteiger partial charge on any atom is -0.385 e. The van der Waals surface area contributed by atoms with E-state index in [4.69, 9.17) is 4.74 Å². The number of non-ortho nitro benzene ring substituents is 1. The monoisotopic (exact) mass is 442 g/mol. The fraction of sp³-hybridized carbons (Fsp3) is 0.318. The smallest absolute Gasteiger partial charge is 0.270 e. The SMILES string of the molecule is COCCCN(CC(=O)NCC(=O)Nc1ccc(C)cc1)C(=O)c1cccc([N+](=O)[O-])c1. The lowest BCUT2D eigenvalue weighted by Crippen LogP contribution is -2.43. The van der Waals surface area contributed by atoms with Gasteiger partial charge in [0.05, 0.1) is 18.0 Å². The Morgan fingerprint density at radius 1 is 1.09 bits per heavy atom. The minimum atomic E-state index is -0.592. The normalized spacial score (nSPS) is 10.3. The Hall–Kier alpha value is -3.79. The van der Waals surface area contributed by atoms with E-state index in [2.05, 4.69) is 10.6 Å². The van der Waals surface area contributed by atoms with Crippen LogP contribution in [0.3, 0.4) is 0 Å². The fourth-order valence-electron chi connectivity index (χ4n) is 2.84. The van der Waals surface area contributed by atoms with E-state index in [0.29, 0.717) is 18.7 Å². The number of nitro groups is 1. The van der Waals surface area contributed by atoms with Crippen molar-refractivity contribution in [3.05, 3.63) is 69.8 Å². The average molecular weight is 442 g/mol. The molecule has 2 aromatic carbocycles. The molecule has 170 valence electrons. The largest absolute Gasteiger partial charge is 0.385 e. The van der Waals surface area contributed by atoms with Gasteiger partial charge in [0, 0.05) is 43.6 Å². The molecule has 0 unspecified atom stereocenters. The third-order valence-corrected chi connectivity index (χ3v) is 4.48. The third-order valence-electron chi connectivity index (χ3n) is 4.48. The first-order valence-corrected chi connectivity index (χ1v) is 9.96. The van der Waals surface area contributed by atoms with Crippen molar-refractivity contribution < 1.29 is 24.0 Å². The first kappa shape index (κ1) is 24.5. The number of hydrogen-bond acceptors (Lipinski definition) is 6. The van der Waals surface area contributed by atoms with E-state index in [9.17, 15) is 24.5 Å². The van der Waals surface area contributed by atoms with Gasteiger partial charge in [-0.25, -0.2) is 0 Å². The highest BCUT2D eigenvalue weighted by atomic mass is 16.6. The Bertz CT molecular complexity index is 961. The molecule has 0 saturated carbocycles. The van der Waals surface area contributed by atoms with Crippen molar-refractivity contribution in [2.75, 3.05) is 38.7 Å². The second kappa shape index (κ2) is 12.2. The van der Waals surface area contributed by atoms with Gasteiger partial charge in [0.2, 0.25) is 11.8 Å². The summed E-state index contributed by atoms with van der Waals surface area (Å²) in [4.78, 5) is 49.0. The molecule has 10 nitrogen and oxygen atoms in total. The van der Waals surface area contributed by atoms with E-state index in [1.807, 2.05) is 19.1 Å². The van der Waals surface area contributed by atoms with Gasteiger partial charge in [0.1, 0.15) is 0 Å². The number of nitro benzene ring substituents is 1. The maximum atomic E-state index is 12.9. The van der Waals surface area contributed by atoms with Crippen molar-refractivity contribution in [3.8, 4) is 0 Å². The summed E-state index contributed by atoms with van der Waals surface area (Å²) in [6.07, 6.45) is 0.471. The standard InChI is InChI=1S/C22H26N4O6/c1-16-7-9-18(10-8-16)24-20(27)14-23-21(28)15-25(11-4-12-32-2)22(29)17-5-3-6-19(13-17)26(30)31/h3,5-10,13H,4,11-12,14-15H2,1-2H3,(H,23,28)(H,24,27). The van der Waals surface area contributed by atoms with Crippen molar-refractivity contribution >= 4 is 29.1 Å². The molecule has 0 aliphatic carbocycles. The van der Waals surface area contributed by atoms with Gasteiger partial charge in [0.25, 0.3) is 11.6 Å². The number of anilines is 1. The van der Waals surface area contributed by atoms with Crippen molar-refractivity contribution in [3.63, 3.8) is 0 Å². The highest BCUT2D eigenvalue weighted by molar-refractivity contribution is 5.98. The van der Waals surface area contributed by atoms with E-state index >= 15 is 0 Å². The second-order valence-corrected chi connectivity index (χ2v) is 7.07. The van der Waals surface area contributed by atoms with Gasteiger partial charge in [-0.1, -0.05) is 23.8 Å². The molecule has 3 amide bonds. The number of amides is 3. The number of rotatable bonds is 11. The molecule has 0 radical (unpaired) electrons. The molecule has 2 aromatic rings. The summed E-state index contributed by atoms with van der Waals surface area (Å²) in [5, 5.41) is 16.2. The summed E-state index contributed by atoms with van der Waals surface area (Å²) in [6, 6.07) is 12.5. The van der Waals surface area contributed by atoms with Crippen molar-refractivity contribution in [2.45, 2.75) is 13.3 Å². The number of hydrogen-bond donors (Lipinski definition) is 2. The van der Waals surface area contributed by atoms with Crippen LogP contribution in [0.15, 0.2) is 48.5 Å². The van der Waals surface area contributed by atoms with Crippen LogP contribution in [0, 0.1) is 17.0 Å². The van der Waals surface area contributed by atoms with Gasteiger partial charge in [-0.05, 0) is 31.5 Å². The Kier molecular flexibility index (Phi) is 9.30. The molecule has 2 rings (SSSR count). The molecule has 0 heterocycles. The predicted molar refractivity (Wildman–Crippen MR) is 118 cm³/mol. The maximum Gasteiger partial charge on any atom is 0.270 e. The van der Waals surface area contributed by atoms with Gasteiger partial charge in [-0.3, -0.25) is 24.5 Å². The molecule has 0 fully saturated rings. The van der Waals surface area contributed by atoms with Gasteiger partial charge < -0.3 is 20.3 Å². The first-order chi connectivity index (χ1) is 15.3. The van der Waals surface area contributed by atoms with Crippen molar-refractivity contribution in [1.29, 1.82) is 0 Å². The summed E-state index contributed by atoms with van der Waals surface area (Å²) in [6.45, 7) is 1.95. The zero-order valence-corrected chi connectivity index (χ0v) is 18.0. The fourth-order valence-corrected chi connectivity index (χ4v) is 2.84. The summed E-state index contributed by atoms with van der Waals surface area (Å²) in [5.74, 6) is -1.46. The molecule has 0 bridgehead atoms. The molecule has 2 N–H and O–H groups in total. The van der Waals surface area contributed by atoms with E-state index in [1.165, 1.54) is 36.3 Å². The molecular formula is C22H26N4O6. The Morgan fingerprint density at radius 2 is 1.81 bits per heavy atom. The van der Waals surface area contributed by atoms with Gasteiger partial charge in [-0.15, -0.1) is 0 Å². The molecule has 0 spiro atoms. The number of nitrogens with zero attached hydrogens (tertiary/aromatic N) is 2. The molecule has 0 aliphatic heterocycles. The third kappa shape index (κ3) is 7.80.